The summed E-state index contributed by atoms with van der Waals surface area (Å²) in [4.78, 5) is 25.7. The minimum atomic E-state index is -0.0851. The Bertz CT molecular complexity index is 531. The van der Waals surface area contributed by atoms with Crippen LogP contribution >= 0.6 is 11.8 Å². The third kappa shape index (κ3) is 4.00. The molecule has 1 aromatic carbocycles. The van der Waals surface area contributed by atoms with Gasteiger partial charge in [-0.3, -0.25) is 9.59 Å². The van der Waals surface area contributed by atoms with E-state index in [-0.39, 0.29) is 23.7 Å². The van der Waals surface area contributed by atoms with Crippen LogP contribution in [0.4, 0.5) is 0 Å². The molecule has 0 aromatic heterocycles. The highest BCUT2D eigenvalue weighted by Crippen LogP contribution is 2.39. The van der Waals surface area contributed by atoms with Gasteiger partial charge in [0, 0.05) is 6.54 Å². The van der Waals surface area contributed by atoms with E-state index in [1.54, 1.807) is 16.7 Å². The van der Waals surface area contributed by atoms with Crippen molar-refractivity contribution in [1.29, 1.82) is 0 Å². The summed E-state index contributed by atoms with van der Waals surface area (Å²) >= 11 is 1.59. The Hall–Kier alpha value is -1.49. The summed E-state index contributed by atoms with van der Waals surface area (Å²) in [5.74, 6) is 0.798. The van der Waals surface area contributed by atoms with Gasteiger partial charge < -0.3 is 10.2 Å². The van der Waals surface area contributed by atoms with Crippen molar-refractivity contribution >= 4 is 23.6 Å². The molecule has 2 rings (SSSR count). The zero-order valence-electron chi connectivity index (χ0n) is 12.8. The number of thioether (sulfide) groups is 1. The molecule has 4 nitrogen and oxygen atoms in total. The second-order valence-corrected chi connectivity index (χ2v) is 6.81. The number of carbonyl (C=O) groups excluding carboxylic acids is 2. The molecule has 1 aliphatic rings. The number of hydrogen-bond acceptors (Lipinski definition) is 3. The van der Waals surface area contributed by atoms with Gasteiger partial charge in [-0.2, -0.15) is 0 Å². The van der Waals surface area contributed by atoms with Gasteiger partial charge in [0.25, 0.3) is 0 Å². The summed E-state index contributed by atoms with van der Waals surface area (Å²) in [6, 6.07) is 8.03. The van der Waals surface area contributed by atoms with Crippen LogP contribution in [-0.4, -0.2) is 35.6 Å². The number of aryl methyl sites for hydroxylation is 1. The molecule has 1 N–H and O–H groups in total. The van der Waals surface area contributed by atoms with Crippen molar-refractivity contribution in [3.63, 3.8) is 0 Å². The molecule has 2 amide bonds. The summed E-state index contributed by atoms with van der Waals surface area (Å²) in [6.07, 6.45) is 0. The molecule has 1 aromatic rings. The van der Waals surface area contributed by atoms with Crippen LogP contribution in [0, 0.1) is 12.8 Å². The Labute approximate surface area is 130 Å². The SMILES string of the molecule is Cc1ccccc1C1SCC(=O)N1CC(=O)NCC(C)C. The van der Waals surface area contributed by atoms with Crippen molar-refractivity contribution in [1.82, 2.24) is 10.2 Å². The molecule has 1 fully saturated rings. The van der Waals surface area contributed by atoms with Gasteiger partial charge in [-0.05, 0) is 24.0 Å². The van der Waals surface area contributed by atoms with Gasteiger partial charge in [0.05, 0.1) is 5.75 Å². The van der Waals surface area contributed by atoms with Crippen LogP contribution in [0.15, 0.2) is 24.3 Å². The number of amides is 2. The fourth-order valence-electron chi connectivity index (χ4n) is 2.28. The predicted molar refractivity (Wildman–Crippen MR) is 85.9 cm³/mol. The van der Waals surface area contributed by atoms with E-state index in [1.807, 2.05) is 45.0 Å². The fraction of sp³-hybridized carbons (Fsp3) is 0.500. The normalized spacial score (nSPS) is 18.4. The molecule has 5 heteroatoms. The van der Waals surface area contributed by atoms with E-state index < -0.39 is 0 Å². The van der Waals surface area contributed by atoms with E-state index in [2.05, 4.69) is 5.32 Å². The second-order valence-electron chi connectivity index (χ2n) is 5.74. The number of hydrogen-bond donors (Lipinski definition) is 1. The van der Waals surface area contributed by atoms with Crippen LogP contribution in [0.2, 0.25) is 0 Å². The van der Waals surface area contributed by atoms with Gasteiger partial charge in [0.2, 0.25) is 11.8 Å². The van der Waals surface area contributed by atoms with Gasteiger partial charge >= 0.3 is 0 Å². The van der Waals surface area contributed by atoms with Crippen molar-refractivity contribution in [2.24, 2.45) is 5.92 Å². The molecule has 0 bridgehead atoms. The lowest BCUT2D eigenvalue weighted by Gasteiger charge is -2.25. The van der Waals surface area contributed by atoms with Crippen molar-refractivity contribution in [3.8, 4) is 0 Å². The number of carbonyl (C=O) groups is 2. The minimum Gasteiger partial charge on any atom is -0.354 e. The smallest absolute Gasteiger partial charge is 0.239 e. The van der Waals surface area contributed by atoms with Gasteiger partial charge in [-0.25, -0.2) is 0 Å². The molecule has 1 unspecified atom stereocenters. The van der Waals surface area contributed by atoms with Crippen LogP contribution in [0.1, 0.15) is 30.3 Å². The second kappa shape index (κ2) is 6.98. The van der Waals surface area contributed by atoms with Crippen LogP contribution in [0.3, 0.4) is 0 Å². The lowest BCUT2D eigenvalue weighted by molar-refractivity contribution is -0.133. The molecule has 1 atom stereocenters. The first kappa shape index (κ1) is 15.9. The lowest BCUT2D eigenvalue weighted by Crippen LogP contribution is -2.40. The van der Waals surface area contributed by atoms with E-state index in [1.165, 1.54) is 0 Å². The first-order valence-electron chi connectivity index (χ1n) is 7.22. The monoisotopic (exact) mass is 306 g/mol. The van der Waals surface area contributed by atoms with E-state index in [0.29, 0.717) is 18.2 Å². The minimum absolute atomic E-state index is 0.0351. The molecule has 1 aliphatic heterocycles. The largest absolute Gasteiger partial charge is 0.354 e. The molecule has 0 aliphatic carbocycles. The highest BCUT2D eigenvalue weighted by molar-refractivity contribution is 8.00. The quantitative estimate of drug-likeness (QED) is 0.908. The number of benzene rings is 1. The number of rotatable bonds is 5. The molecule has 0 spiro atoms. The van der Waals surface area contributed by atoms with Gasteiger partial charge in [-0.1, -0.05) is 38.1 Å². The molecule has 1 heterocycles. The first-order valence-corrected chi connectivity index (χ1v) is 8.27. The zero-order chi connectivity index (χ0) is 15.4. The summed E-state index contributed by atoms with van der Waals surface area (Å²) in [6.45, 7) is 6.91. The maximum absolute atomic E-state index is 12.1. The number of nitrogens with zero attached hydrogens (tertiary/aromatic N) is 1. The highest BCUT2D eigenvalue weighted by atomic mass is 32.2. The average molecular weight is 306 g/mol. The average Bonchev–Trinajstić information content (AvgIpc) is 2.79. The molecule has 114 valence electrons. The van der Waals surface area contributed by atoms with E-state index in [0.717, 1.165) is 11.1 Å². The predicted octanol–water partition coefficient (Wildman–Crippen LogP) is 2.34. The Morgan fingerprint density at radius 1 is 1.43 bits per heavy atom. The van der Waals surface area contributed by atoms with Gasteiger partial charge in [0.15, 0.2) is 0 Å². The van der Waals surface area contributed by atoms with Crippen molar-refractivity contribution in [2.75, 3.05) is 18.8 Å². The van der Waals surface area contributed by atoms with Crippen LogP contribution in [0.25, 0.3) is 0 Å². The first-order chi connectivity index (χ1) is 9.99. The van der Waals surface area contributed by atoms with E-state index >= 15 is 0 Å². The summed E-state index contributed by atoms with van der Waals surface area (Å²) in [5, 5.41) is 2.82. The Morgan fingerprint density at radius 3 is 2.81 bits per heavy atom. The summed E-state index contributed by atoms with van der Waals surface area (Å²) < 4.78 is 0. The van der Waals surface area contributed by atoms with Crippen LogP contribution in [-0.2, 0) is 9.59 Å². The van der Waals surface area contributed by atoms with E-state index in [9.17, 15) is 9.59 Å². The molecule has 0 saturated carbocycles. The zero-order valence-corrected chi connectivity index (χ0v) is 13.6. The standard InChI is InChI=1S/C16H22N2O2S/c1-11(2)8-17-14(19)9-18-15(20)10-21-16(18)13-7-5-4-6-12(13)3/h4-7,11,16H,8-10H2,1-3H3,(H,17,19). The molecule has 0 radical (unpaired) electrons. The molecular formula is C16H22N2O2S. The van der Waals surface area contributed by atoms with Gasteiger partial charge in [-0.15, -0.1) is 11.8 Å². The fourth-order valence-corrected chi connectivity index (χ4v) is 3.56. The van der Waals surface area contributed by atoms with Crippen molar-refractivity contribution < 1.29 is 9.59 Å². The Kier molecular flexibility index (Phi) is 5.28. The Balaban J connectivity index is 2.07. The lowest BCUT2D eigenvalue weighted by atomic mass is 10.1. The summed E-state index contributed by atoms with van der Waals surface area (Å²) in [7, 11) is 0. The third-order valence-electron chi connectivity index (χ3n) is 3.44. The number of nitrogens with one attached hydrogen (secondary N) is 1. The summed E-state index contributed by atoms with van der Waals surface area (Å²) in [5.41, 5.74) is 2.27. The Morgan fingerprint density at radius 2 is 2.14 bits per heavy atom. The van der Waals surface area contributed by atoms with Crippen molar-refractivity contribution in [2.45, 2.75) is 26.1 Å². The van der Waals surface area contributed by atoms with E-state index in [4.69, 9.17) is 0 Å². The van der Waals surface area contributed by atoms with Crippen molar-refractivity contribution in [3.05, 3.63) is 35.4 Å². The topological polar surface area (TPSA) is 49.4 Å². The van der Waals surface area contributed by atoms with Crippen LogP contribution < -0.4 is 5.32 Å². The maximum Gasteiger partial charge on any atom is 0.239 e. The molecule has 1 saturated heterocycles. The third-order valence-corrected chi connectivity index (χ3v) is 4.68. The maximum atomic E-state index is 12.1. The highest BCUT2D eigenvalue weighted by Gasteiger charge is 2.34. The molecule has 21 heavy (non-hydrogen) atoms. The molecular weight excluding hydrogens is 284 g/mol. The van der Waals surface area contributed by atoms with Gasteiger partial charge in [0.1, 0.15) is 11.9 Å². The van der Waals surface area contributed by atoms with Crippen LogP contribution in [0.5, 0.6) is 0 Å².